The van der Waals surface area contributed by atoms with Gasteiger partial charge in [-0.3, -0.25) is 4.79 Å². The number of amides is 1. The summed E-state index contributed by atoms with van der Waals surface area (Å²) >= 11 is 1.96. The van der Waals surface area contributed by atoms with E-state index in [4.69, 9.17) is 0 Å². The molecule has 2 heterocycles. The second-order valence-corrected chi connectivity index (χ2v) is 6.67. The van der Waals surface area contributed by atoms with Gasteiger partial charge in [0, 0.05) is 19.6 Å². The Hall–Kier alpha value is -0.220. The van der Waals surface area contributed by atoms with Gasteiger partial charge >= 0.3 is 0 Å². The van der Waals surface area contributed by atoms with Crippen molar-refractivity contribution in [1.82, 2.24) is 10.2 Å². The lowest BCUT2D eigenvalue weighted by Crippen LogP contribution is -2.46. The smallest absolute Gasteiger partial charge is 0.230 e. The summed E-state index contributed by atoms with van der Waals surface area (Å²) in [5.41, 5.74) is -0.242. The van der Waals surface area contributed by atoms with Crippen LogP contribution >= 0.6 is 11.8 Å². The molecule has 2 saturated heterocycles. The molecular formula is C12H22N2OS. The number of hydrogen-bond acceptors (Lipinski definition) is 3. The summed E-state index contributed by atoms with van der Waals surface area (Å²) in [6.07, 6.45) is 3.76. The molecule has 0 saturated carbocycles. The number of nitrogens with one attached hydrogen (secondary N) is 1. The van der Waals surface area contributed by atoms with Crippen LogP contribution in [-0.2, 0) is 4.79 Å². The molecular weight excluding hydrogens is 220 g/mol. The van der Waals surface area contributed by atoms with E-state index in [1.807, 2.05) is 25.6 Å². The van der Waals surface area contributed by atoms with E-state index < -0.39 is 0 Å². The first-order chi connectivity index (χ1) is 7.61. The van der Waals surface area contributed by atoms with Gasteiger partial charge in [-0.15, -0.1) is 11.8 Å². The molecule has 1 unspecified atom stereocenters. The molecule has 0 spiro atoms. The van der Waals surface area contributed by atoms with Crippen LogP contribution in [0.5, 0.6) is 0 Å². The summed E-state index contributed by atoms with van der Waals surface area (Å²) in [5, 5.41) is 3.80. The van der Waals surface area contributed by atoms with E-state index in [0.717, 1.165) is 19.6 Å². The first kappa shape index (κ1) is 12.2. The van der Waals surface area contributed by atoms with E-state index in [9.17, 15) is 4.79 Å². The number of nitrogens with zero attached hydrogens (tertiary/aromatic N) is 1. The van der Waals surface area contributed by atoms with Crippen molar-refractivity contribution < 1.29 is 4.79 Å². The molecule has 16 heavy (non-hydrogen) atoms. The average Bonchev–Trinajstić information content (AvgIpc) is 2.41. The van der Waals surface area contributed by atoms with Crippen molar-refractivity contribution in [3.8, 4) is 0 Å². The fraction of sp³-hybridized carbons (Fsp3) is 0.917. The molecule has 1 amide bonds. The van der Waals surface area contributed by atoms with E-state index in [0.29, 0.717) is 11.3 Å². The van der Waals surface area contributed by atoms with Crippen LogP contribution in [0.3, 0.4) is 0 Å². The molecule has 2 aliphatic heterocycles. The lowest BCUT2D eigenvalue weighted by atomic mass is 9.92. The van der Waals surface area contributed by atoms with Gasteiger partial charge in [0.15, 0.2) is 0 Å². The van der Waals surface area contributed by atoms with Crippen molar-refractivity contribution in [3.63, 3.8) is 0 Å². The molecule has 0 aromatic carbocycles. The molecule has 2 rings (SSSR count). The number of rotatable bonds is 1. The maximum absolute atomic E-state index is 12.4. The van der Waals surface area contributed by atoms with E-state index in [1.54, 1.807) is 0 Å². The zero-order chi connectivity index (χ0) is 11.6. The van der Waals surface area contributed by atoms with E-state index >= 15 is 0 Å². The third kappa shape index (κ3) is 2.54. The van der Waals surface area contributed by atoms with Crippen LogP contribution in [0.4, 0.5) is 0 Å². The van der Waals surface area contributed by atoms with E-state index in [2.05, 4.69) is 10.2 Å². The van der Waals surface area contributed by atoms with Gasteiger partial charge < -0.3 is 10.2 Å². The highest BCUT2D eigenvalue weighted by molar-refractivity contribution is 7.99. The predicted octanol–water partition coefficient (Wildman–Crippen LogP) is 1.69. The van der Waals surface area contributed by atoms with Crippen LogP contribution in [-0.4, -0.2) is 41.6 Å². The van der Waals surface area contributed by atoms with Gasteiger partial charge in [-0.1, -0.05) is 0 Å². The van der Waals surface area contributed by atoms with Crippen LogP contribution in [0.1, 0.15) is 33.1 Å². The highest BCUT2D eigenvalue weighted by atomic mass is 32.2. The Balaban J connectivity index is 2.08. The molecule has 1 atom stereocenters. The molecule has 2 fully saturated rings. The topological polar surface area (TPSA) is 32.3 Å². The first-order valence-electron chi connectivity index (χ1n) is 6.25. The molecule has 0 bridgehead atoms. The second-order valence-electron chi connectivity index (χ2n) is 5.38. The molecule has 1 N–H and O–H groups in total. The molecule has 2 aliphatic rings. The van der Waals surface area contributed by atoms with Gasteiger partial charge in [0.1, 0.15) is 0 Å². The molecule has 0 aliphatic carbocycles. The fourth-order valence-electron chi connectivity index (χ4n) is 2.41. The number of thioether (sulfide) groups is 1. The van der Waals surface area contributed by atoms with Crippen molar-refractivity contribution in [3.05, 3.63) is 0 Å². The lowest BCUT2D eigenvalue weighted by molar-refractivity contribution is -0.139. The quantitative estimate of drug-likeness (QED) is 0.759. The van der Waals surface area contributed by atoms with Gasteiger partial charge in [-0.25, -0.2) is 0 Å². The normalized spacial score (nSPS) is 31.2. The van der Waals surface area contributed by atoms with Gasteiger partial charge in [0.2, 0.25) is 5.91 Å². The fourth-order valence-corrected chi connectivity index (χ4v) is 3.77. The third-order valence-corrected chi connectivity index (χ3v) is 4.84. The van der Waals surface area contributed by atoms with Crippen molar-refractivity contribution in [2.24, 2.45) is 5.41 Å². The summed E-state index contributed by atoms with van der Waals surface area (Å²) in [6, 6.07) is 0. The van der Waals surface area contributed by atoms with Crippen LogP contribution in [0.2, 0.25) is 0 Å². The maximum Gasteiger partial charge on any atom is 0.230 e. The Kier molecular flexibility index (Phi) is 3.80. The minimum Gasteiger partial charge on any atom is -0.329 e. The van der Waals surface area contributed by atoms with Crippen molar-refractivity contribution in [2.45, 2.75) is 38.5 Å². The maximum atomic E-state index is 12.4. The molecule has 0 aromatic rings. The predicted molar refractivity (Wildman–Crippen MR) is 68.5 cm³/mol. The standard InChI is InChI=1S/C12H22N2OS/c1-12(2)9-13-6-7-14(11(12)15)10-5-3-4-8-16-10/h10,13H,3-9H2,1-2H3. The Morgan fingerprint density at radius 3 is 2.94 bits per heavy atom. The van der Waals surface area contributed by atoms with Crippen LogP contribution in [0.15, 0.2) is 0 Å². The minimum atomic E-state index is -0.242. The number of hydrogen-bond donors (Lipinski definition) is 1. The SMILES string of the molecule is CC1(C)CNCCN(C2CCCCS2)C1=O. The summed E-state index contributed by atoms with van der Waals surface area (Å²) in [4.78, 5) is 14.6. The van der Waals surface area contributed by atoms with Crippen LogP contribution < -0.4 is 5.32 Å². The molecule has 92 valence electrons. The first-order valence-corrected chi connectivity index (χ1v) is 7.29. The van der Waals surface area contributed by atoms with Gasteiger partial charge in [0.25, 0.3) is 0 Å². The van der Waals surface area contributed by atoms with Crippen LogP contribution in [0, 0.1) is 5.41 Å². The van der Waals surface area contributed by atoms with Gasteiger partial charge in [0.05, 0.1) is 10.8 Å². The van der Waals surface area contributed by atoms with Gasteiger partial charge in [-0.05, 0) is 38.9 Å². The zero-order valence-corrected chi connectivity index (χ0v) is 11.1. The van der Waals surface area contributed by atoms with E-state index in [-0.39, 0.29) is 5.41 Å². The zero-order valence-electron chi connectivity index (χ0n) is 10.3. The third-order valence-electron chi connectivity index (χ3n) is 3.44. The van der Waals surface area contributed by atoms with Crippen LogP contribution in [0.25, 0.3) is 0 Å². The summed E-state index contributed by atoms with van der Waals surface area (Å²) in [7, 11) is 0. The molecule has 0 aromatic heterocycles. The Labute approximate surface area is 102 Å². The second kappa shape index (κ2) is 4.96. The minimum absolute atomic E-state index is 0.242. The summed E-state index contributed by atoms with van der Waals surface area (Å²) in [5.74, 6) is 1.54. The Morgan fingerprint density at radius 1 is 1.44 bits per heavy atom. The monoisotopic (exact) mass is 242 g/mol. The lowest BCUT2D eigenvalue weighted by Gasteiger charge is -2.36. The van der Waals surface area contributed by atoms with Crippen molar-refractivity contribution in [2.75, 3.05) is 25.4 Å². The molecule has 4 heteroatoms. The number of carbonyl (C=O) groups excluding carboxylic acids is 1. The van der Waals surface area contributed by atoms with Crippen molar-refractivity contribution >= 4 is 17.7 Å². The van der Waals surface area contributed by atoms with E-state index in [1.165, 1.54) is 25.0 Å². The highest BCUT2D eigenvalue weighted by Gasteiger charge is 2.37. The highest BCUT2D eigenvalue weighted by Crippen LogP contribution is 2.31. The molecule has 0 radical (unpaired) electrons. The largest absolute Gasteiger partial charge is 0.329 e. The van der Waals surface area contributed by atoms with Crippen molar-refractivity contribution in [1.29, 1.82) is 0 Å². The molecule has 3 nitrogen and oxygen atoms in total. The summed E-state index contributed by atoms with van der Waals surface area (Å²) in [6.45, 7) is 6.72. The average molecular weight is 242 g/mol. The Morgan fingerprint density at radius 2 is 2.25 bits per heavy atom. The Bertz CT molecular complexity index is 262. The number of carbonyl (C=O) groups is 1. The summed E-state index contributed by atoms with van der Waals surface area (Å²) < 4.78 is 0. The van der Waals surface area contributed by atoms with Gasteiger partial charge in [-0.2, -0.15) is 0 Å².